The first-order chi connectivity index (χ1) is 9.65. The number of nitrogens with zero attached hydrogens (tertiary/aromatic N) is 2. The molecule has 1 amide bonds. The van der Waals surface area contributed by atoms with Crippen LogP contribution in [0.25, 0.3) is 0 Å². The van der Waals surface area contributed by atoms with Gasteiger partial charge in [-0.2, -0.15) is 0 Å². The molecule has 0 atom stereocenters. The minimum Gasteiger partial charge on any atom is -0.375 e. The highest BCUT2D eigenvalue weighted by Gasteiger charge is 2.23. The maximum absolute atomic E-state index is 11.9. The van der Waals surface area contributed by atoms with E-state index in [0.717, 1.165) is 58.0 Å². The van der Waals surface area contributed by atoms with Gasteiger partial charge in [-0.05, 0) is 32.2 Å². The third-order valence-electron chi connectivity index (χ3n) is 4.18. The van der Waals surface area contributed by atoms with E-state index in [1.807, 2.05) is 4.90 Å². The number of carbonyl (C=O) groups excluding carboxylic acids is 1. The molecule has 0 bridgehead atoms. The lowest BCUT2D eigenvalue weighted by molar-refractivity contribution is -0.137. The summed E-state index contributed by atoms with van der Waals surface area (Å²) in [5.74, 6) is 0.890. The highest BCUT2D eigenvalue weighted by molar-refractivity contribution is 5.77. The lowest BCUT2D eigenvalue weighted by Gasteiger charge is -2.35. The first-order valence-corrected chi connectivity index (χ1v) is 7.81. The second kappa shape index (κ2) is 7.96. The first-order valence-electron chi connectivity index (χ1n) is 7.81. The van der Waals surface area contributed by atoms with Crippen LogP contribution >= 0.6 is 0 Å². The van der Waals surface area contributed by atoms with Crippen molar-refractivity contribution in [2.45, 2.75) is 32.3 Å². The second-order valence-corrected chi connectivity index (χ2v) is 6.18. The monoisotopic (exact) mass is 284 g/mol. The predicted octanol–water partition coefficient (Wildman–Crippen LogP) is 0.982. The molecule has 0 saturated carbocycles. The number of hydrogen-bond donors (Lipinski definition) is 0. The smallest absolute Gasteiger partial charge is 0.248 e. The fourth-order valence-corrected chi connectivity index (χ4v) is 2.67. The summed E-state index contributed by atoms with van der Waals surface area (Å²) in [6.45, 7) is 7.66. The summed E-state index contributed by atoms with van der Waals surface area (Å²) in [4.78, 5) is 16.1. The lowest BCUT2D eigenvalue weighted by Crippen LogP contribution is -2.49. The zero-order valence-electron chi connectivity index (χ0n) is 12.8. The Morgan fingerprint density at radius 3 is 2.55 bits per heavy atom. The van der Waals surface area contributed by atoms with Crippen LogP contribution in [0.3, 0.4) is 0 Å². The van der Waals surface area contributed by atoms with E-state index in [4.69, 9.17) is 9.47 Å². The predicted molar refractivity (Wildman–Crippen MR) is 77.7 cm³/mol. The highest BCUT2D eigenvalue weighted by atomic mass is 16.5. The number of carbonyl (C=O) groups is 1. The van der Waals surface area contributed by atoms with Gasteiger partial charge in [0.1, 0.15) is 6.61 Å². The van der Waals surface area contributed by atoms with Gasteiger partial charge in [0.05, 0.1) is 6.10 Å². The first kappa shape index (κ1) is 15.7. The number of likely N-dealkylation sites (N-methyl/N-ethyl adjacent to an activating group) is 1. The van der Waals surface area contributed by atoms with Gasteiger partial charge in [0, 0.05) is 39.4 Å². The maximum Gasteiger partial charge on any atom is 0.248 e. The van der Waals surface area contributed by atoms with E-state index in [1.54, 1.807) is 0 Å². The third kappa shape index (κ3) is 5.04. The average molecular weight is 284 g/mol. The molecule has 0 aromatic heterocycles. The molecule has 2 saturated heterocycles. The Hall–Kier alpha value is -0.650. The van der Waals surface area contributed by atoms with E-state index in [9.17, 15) is 4.79 Å². The van der Waals surface area contributed by atoms with Gasteiger partial charge >= 0.3 is 0 Å². The van der Waals surface area contributed by atoms with Crippen LogP contribution in [0, 0.1) is 5.92 Å². The molecule has 2 aliphatic heterocycles. The molecule has 0 radical (unpaired) electrons. The average Bonchev–Trinajstić information content (AvgIpc) is 2.40. The molecule has 2 aliphatic rings. The van der Waals surface area contributed by atoms with Crippen LogP contribution in [0.15, 0.2) is 0 Å². The van der Waals surface area contributed by atoms with Crippen molar-refractivity contribution in [3.05, 3.63) is 0 Å². The molecule has 0 aromatic rings. The van der Waals surface area contributed by atoms with Crippen molar-refractivity contribution >= 4 is 5.91 Å². The molecular weight excluding hydrogens is 256 g/mol. The van der Waals surface area contributed by atoms with E-state index in [2.05, 4.69) is 18.9 Å². The number of amides is 1. The van der Waals surface area contributed by atoms with Crippen LogP contribution in [-0.4, -0.2) is 74.9 Å². The number of hydrogen-bond acceptors (Lipinski definition) is 4. The van der Waals surface area contributed by atoms with Crippen LogP contribution in [0.1, 0.15) is 26.2 Å². The number of likely N-dealkylation sites (tertiary alicyclic amines) is 2. The fourth-order valence-electron chi connectivity index (χ4n) is 2.67. The summed E-state index contributed by atoms with van der Waals surface area (Å²) in [5.41, 5.74) is 0. The highest BCUT2D eigenvalue weighted by Crippen LogP contribution is 2.15. The molecule has 0 aromatic carbocycles. The Bertz CT molecular complexity index is 297. The quantitative estimate of drug-likeness (QED) is 0.654. The summed E-state index contributed by atoms with van der Waals surface area (Å²) in [7, 11) is 2.09. The number of piperidine rings is 1. The molecule has 20 heavy (non-hydrogen) atoms. The van der Waals surface area contributed by atoms with Crippen LogP contribution in [-0.2, 0) is 14.3 Å². The van der Waals surface area contributed by atoms with E-state index < -0.39 is 0 Å². The molecular formula is C15H28N2O3. The summed E-state index contributed by atoms with van der Waals surface area (Å²) >= 11 is 0. The topological polar surface area (TPSA) is 42.0 Å². The molecule has 2 fully saturated rings. The lowest BCUT2D eigenvalue weighted by atomic mass is 9.99. The van der Waals surface area contributed by atoms with Crippen molar-refractivity contribution in [3.8, 4) is 0 Å². The van der Waals surface area contributed by atoms with Gasteiger partial charge in [0.15, 0.2) is 0 Å². The van der Waals surface area contributed by atoms with Gasteiger partial charge in [-0.3, -0.25) is 4.79 Å². The summed E-state index contributed by atoms with van der Waals surface area (Å²) in [5, 5.41) is 0. The molecule has 5 heteroatoms. The van der Waals surface area contributed by atoms with Gasteiger partial charge < -0.3 is 19.3 Å². The Balaban J connectivity index is 1.43. The van der Waals surface area contributed by atoms with Gasteiger partial charge in [-0.1, -0.05) is 6.92 Å². The number of ether oxygens (including phenoxy) is 2. The van der Waals surface area contributed by atoms with Gasteiger partial charge in [-0.25, -0.2) is 0 Å². The standard InChI is InChI=1S/C15H28N2O3/c1-13-4-6-17(7-5-13)15(18)12-19-8-3-9-20-14-10-16(2)11-14/h13-14H,3-12H2,1-2H3. The Kier molecular flexibility index (Phi) is 6.26. The van der Waals surface area contributed by atoms with Crippen molar-refractivity contribution in [1.29, 1.82) is 0 Å². The molecule has 0 N–H and O–H groups in total. The van der Waals surface area contributed by atoms with E-state index in [1.165, 1.54) is 0 Å². The van der Waals surface area contributed by atoms with E-state index in [0.29, 0.717) is 12.7 Å². The fraction of sp³-hybridized carbons (Fsp3) is 0.933. The maximum atomic E-state index is 11.9. The van der Waals surface area contributed by atoms with E-state index in [-0.39, 0.29) is 12.5 Å². The third-order valence-corrected chi connectivity index (χ3v) is 4.18. The molecule has 116 valence electrons. The van der Waals surface area contributed by atoms with Gasteiger partial charge in [0.25, 0.3) is 0 Å². The summed E-state index contributed by atoms with van der Waals surface area (Å²) in [6, 6.07) is 0. The molecule has 0 aliphatic carbocycles. The Morgan fingerprint density at radius 1 is 1.20 bits per heavy atom. The largest absolute Gasteiger partial charge is 0.375 e. The summed E-state index contributed by atoms with van der Waals surface area (Å²) < 4.78 is 11.1. The molecule has 2 heterocycles. The van der Waals surface area contributed by atoms with Crippen LogP contribution in [0.4, 0.5) is 0 Å². The van der Waals surface area contributed by atoms with E-state index >= 15 is 0 Å². The van der Waals surface area contributed by atoms with Crippen molar-refractivity contribution in [1.82, 2.24) is 9.80 Å². The number of rotatable bonds is 7. The SMILES string of the molecule is CC1CCN(C(=O)COCCCOC2CN(C)C2)CC1. The zero-order chi connectivity index (χ0) is 14.4. The van der Waals surface area contributed by atoms with Crippen LogP contribution in [0.5, 0.6) is 0 Å². The van der Waals surface area contributed by atoms with Crippen molar-refractivity contribution in [3.63, 3.8) is 0 Å². The van der Waals surface area contributed by atoms with Gasteiger partial charge in [0.2, 0.25) is 5.91 Å². The van der Waals surface area contributed by atoms with Crippen molar-refractivity contribution in [2.75, 3.05) is 53.0 Å². The minimum absolute atomic E-state index is 0.137. The zero-order valence-corrected chi connectivity index (χ0v) is 12.8. The Morgan fingerprint density at radius 2 is 1.90 bits per heavy atom. The molecule has 0 unspecified atom stereocenters. The second-order valence-electron chi connectivity index (χ2n) is 6.18. The van der Waals surface area contributed by atoms with Gasteiger partial charge in [-0.15, -0.1) is 0 Å². The minimum atomic E-state index is 0.137. The molecule has 0 spiro atoms. The van der Waals surface area contributed by atoms with Crippen molar-refractivity contribution < 1.29 is 14.3 Å². The Labute approximate surface area is 122 Å². The normalized spacial score (nSPS) is 22.0. The van der Waals surface area contributed by atoms with Crippen molar-refractivity contribution in [2.24, 2.45) is 5.92 Å². The van der Waals surface area contributed by atoms with Crippen LogP contribution in [0.2, 0.25) is 0 Å². The summed E-state index contributed by atoms with van der Waals surface area (Å²) in [6.07, 6.45) is 3.51. The molecule has 5 nitrogen and oxygen atoms in total. The molecule has 2 rings (SSSR count). The van der Waals surface area contributed by atoms with Crippen LogP contribution < -0.4 is 0 Å².